The van der Waals surface area contributed by atoms with Crippen molar-refractivity contribution < 1.29 is 14.0 Å². The van der Waals surface area contributed by atoms with Crippen molar-refractivity contribution in [1.29, 1.82) is 0 Å². The second kappa shape index (κ2) is 5.27. The van der Waals surface area contributed by atoms with Crippen LogP contribution in [0.25, 0.3) is 11.0 Å². The van der Waals surface area contributed by atoms with Gasteiger partial charge in [-0.2, -0.15) is 0 Å². The van der Waals surface area contributed by atoms with E-state index >= 15 is 0 Å². The molecule has 1 aromatic heterocycles. The minimum absolute atomic E-state index is 0.125. The number of aliphatic hydroxyl groups is 1. The van der Waals surface area contributed by atoms with Crippen molar-refractivity contribution in [2.24, 2.45) is 0 Å². The van der Waals surface area contributed by atoms with Crippen molar-refractivity contribution in [3.63, 3.8) is 0 Å². The summed E-state index contributed by atoms with van der Waals surface area (Å²) in [4.78, 5) is 0. The van der Waals surface area contributed by atoms with E-state index in [1.165, 1.54) is 12.1 Å². The van der Waals surface area contributed by atoms with Crippen LogP contribution in [0.15, 0.2) is 22.7 Å². The average molecular weight is 237 g/mol. The fourth-order valence-corrected chi connectivity index (χ4v) is 2.15. The van der Waals surface area contributed by atoms with Crippen LogP contribution in [0.5, 0.6) is 0 Å². The van der Waals surface area contributed by atoms with Crippen molar-refractivity contribution in [1.82, 2.24) is 5.16 Å². The van der Waals surface area contributed by atoms with E-state index in [1.807, 2.05) is 0 Å². The van der Waals surface area contributed by atoms with Crippen molar-refractivity contribution >= 4 is 11.0 Å². The quantitative estimate of drug-likeness (QED) is 0.868. The number of hydrogen-bond acceptors (Lipinski definition) is 3. The maximum Gasteiger partial charge on any atom is 0.170 e. The summed E-state index contributed by atoms with van der Waals surface area (Å²) in [6.45, 7) is 2.21. The molecule has 1 atom stereocenters. The zero-order chi connectivity index (χ0) is 12.3. The van der Waals surface area contributed by atoms with E-state index in [0.29, 0.717) is 12.0 Å². The van der Waals surface area contributed by atoms with E-state index in [4.69, 9.17) is 9.63 Å². The normalized spacial score (nSPS) is 13.1. The molecular weight excluding hydrogens is 221 g/mol. The van der Waals surface area contributed by atoms with Crippen LogP contribution in [-0.2, 0) is 0 Å². The summed E-state index contributed by atoms with van der Waals surface area (Å²) >= 11 is 0. The van der Waals surface area contributed by atoms with Gasteiger partial charge < -0.3 is 9.63 Å². The summed E-state index contributed by atoms with van der Waals surface area (Å²) in [7, 11) is 0. The fraction of sp³-hybridized carbons (Fsp3) is 0.462. The van der Waals surface area contributed by atoms with Gasteiger partial charge in [-0.25, -0.2) is 4.39 Å². The average Bonchev–Trinajstić information content (AvgIpc) is 2.71. The van der Waals surface area contributed by atoms with Gasteiger partial charge in [0.05, 0.1) is 5.69 Å². The number of aromatic nitrogens is 1. The molecule has 3 nitrogen and oxygen atoms in total. The molecule has 1 heterocycles. The Morgan fingerprint density at radius 2 is 2.24 bits per heavy atom. The van der Waals surface area contributed by atoms with E-state index < -0.39 is 0 Å². The molecule has 17 heavy (non-hydrogen) atoms. The van der Waals surface area contributed by atoms with E-state index in [-0.39, 0.29) is 18.3 Å². The van der Waals surface area contributed by atoms with Gasteiger partial charge in [0, 0.05) is 24.0 Å². The third-order valence-electron chi connectivity index (χ3n) is 2.96. The molecule has 0 aliphatic carbocycles. The van der Waals surface area contributed by atoms with E-state index in [1.54, 1.807) is 6.07 Å². The number of halogens is 1. The summed E-state index contributed by atoms with van der Waals surface area (Å²) in [5, 5.41) is 13.9. The van der Waals surface area contributed by atoms with Crippen molar-refractivity contribution in [2.45, 2.75) is 32.1 Å². The van der Waals surface area contributed by atoms with Crippen LogP contribution in [0.3, 0.4) is 0 Å². The third-order valence-corrected chi connectivity index (χ3v) is 2.96. The van der Waals surface area contributed by atoms with Gasteiger partial charge in [0.25, 0.3) is 0 Å². The Balaban J connectivity index is 2.39. The molecule has 0 aliphatic heterocycles. The van der Waals surface area contributed by atoms with Crippen LogP contribution in [-0.4, -0.2) is 16.9 Å². The van der Waals surface area contributed by atoms with E-state index in [2.05, 4.69) is 12.1 Å². The van der Waals surface area contributed by atoms with Crippen LogP contribution in [0, 0.1) is 5.82 Å². The summed E-state index contributed by atoms with van der Waals surface area (Å²) < 4.78 is 18.1. The molecule has 1 unspecified atom stereocenters. The van der Waals surface area contributed by atoms with Crippen molar-refractivity contribution in [3.05, 3.63) is 29.7 Å². The molecule has 2 rings (SSSR count). The molecule has 92 valence electrons. The molecule has 4 heteroatoms. The molecule has 0 fully saturated rings. The van der Waals surface area contributed by atoms with Gasteiger partial charge in [-0.1, -0.05) is 18.5 Å². The van der Waals surface area contributed by atoms with Crippen molar-refractivity contribution in [2.75, 3.05) is 6.61 Å². The first-order chi connectivity index (χ1) is 8.26. The Bertz CT molecular complexity index is 489. The lowest BCUT2D eigenvalue weighted by molar-refractivity contribution is 0.269. The number of rotatable bonds is 5. The van der Waals surface area contributed by atoms with Gasteiger partial charge in [0.15, 0.2) is 5.58 Å². The molecule has 0 bridgehead atoms. The summed E-state index contributed by atoms with van der Waals surface area (Å²) in [5.74, 6) is -0.147. The standard InChI is InChI=1S/C13H16FNO2/c1-2-3-9(6-7-16)13-11-5-4-10(14)8-12(11)17-15-13/h4-5,8-9,16H,2-3,6-7H2,1H3. The molecule has 1 aromatic carbocycles. The summed E-state index contributed by atoms with van der Waals surface area (Å²) in [6, 6.07) is 4.44. The molecule has 0 amide bonds. The molecule has 0 spiro atoms. The lowest BCUT2D eigenvalue weighted by atomic mass is 9.94. The van der Waals surface area contributed by atoms with E-state index in [9.17, 15) is 4.39 Å². The first-order valence-electron chi connectivity index (χ1n) is 5.92. The highest BCUT2D eigenvalue weighted by Crippen LogP contribution is 2.30. The predicted octanol–water partition coefficient (Wildman–Crippen LogP) is 3.23. The first-order valence-corrected chi connectivity index (χ1v) is 5.92. The number of hydrogen-bond donors (Lipinski definition) is 1. The number of nitrogens with zero attached hydrogens (tertiary/aromatic N) is 1. The van der Waals surface area contributed by atoms with Gasteiger partial charge in [0.1, 0.15) is 5.82 Å². The minimum Gasteiger partial charge on any atom is -0.396 e. The first kappa shape index (κ1) is 12.0. The largest absolute Gasteiger partial charge is 0.396 e. The maximum absolute atomic E-state index is 13.0. The molecule has 0 saturated carbocycles. The van der Waals surface area contributed by atoms with Gasteiger partial charge in [-0.05, 0) is 25.0 Å². The Kier molecular flexibility index (Phi) is 3.74. The summed E-state index contributed by atoms with van der Waals surface area (Å²) in [5.41, 5.74) is 1.30. The minimum atomic E-state index is -0.325. The van der Waals surface area contributed by atoms with Crippen LogP contribution < -0.4 is 0 Å². The molecule has 0 radical (unpaired) electrons. The van der Waals surface area contributed by atoms with Gasteiger partial charge in [-0.15, -0.1) is 0 Å². The zero-order valence-electron chi connectivity index (χ0n) is 9.82. The second-order valence-electron chi connectivity index (χ2n) is 4.21. The Morgan fingerprint density at radius 3 is 2.94 bits per heavy atom. The van der Waals surface area contributed by atoms with Crippen LogP contribution in [0.2, 0.25) is 0 Å². The Morgan fingerprint density at radius 1 is 1.41 bits per heavy atom. The smallest absolute Gasteiger partial charge is 0.170 e. The van der Waals surface area contributed by atoms with Crippen LogP contribution in [0.1, 0.15) is 37.8 Å². The number of benzene rings is 1. The molecular formula is C13H16FNO2. The van der Waals surface area contributed by atoms with Crippen LogP contribution >= 0.6 is 0 Å². The third kappa shape index (κ3) is 2.47. The molecule has 0 aliphatic rings. The van der Waals surface area contributed by atoms with Crippen LogP contribution in [0.4, 0.5) is 4.39 Å². The number of aliphatic hydroxyl groups excluding tert-OH is 1. The highest BCUT2D eigenvalue weighted by molar-refractivity contribution is 5.79. The molecule has 2 aromatic rings. The topological polar surface area (TPSA) is 46.3 Å². The highest BCUT2D eigenvalue weighted by Gasteiger charge is 2.18. The lowest BCUT2D eigenvalue weighted by Crippen LogP contribution is -2.02. The predicted molar refractivity (Wildman–Crippen MR) is 63.3 cm³/mol. The van der Waals surface area contributed by atoms with E-state index in [0.717, 1.165) is 23.9 Å². The second-order valence-corrected chi connectivity index (χ2v) is 4.21. The maximum atomic E-state index is 13.0. The SMILES string of the molecule is CCCC(CCO)c1noc2cc(F)ccc12. The van der Waals surface area contributed by atoms with Gasteiger partial charge >= 0.3 is 0 Å². The monoisotopic (exact) mass is 237 g/mol. The Hall–Kier alpha value is -1.42. The molecule has 1 N–H and O–H groups in total. The zero-order valence-corrected chi connectivity index (χ0v) is 9.82. The highest BCUT2D eigenvalue weighted by atomic mass is 19.1. The van der Waals surface area contributed by atoms with Crippen molar-refractivity contribution in [3.8, 4) is 0 Å². The lowest BCUT2D eigenvalue weighted by Gasteiger charge is -2.11. The van der Waals surface area contributed by atoms with Gasteiger partial charge in [-0.3, -0.25) is 0 Å². The molecule has 0 saturated heterocycles. The Labute approximate surface area is 99.2 Å². The number of fused-ring (bicyclic) bond motifs is 1. The fourth-order valence-electron chi connectivity index (χ4n) is 2.15. The summed E-state index contributed by atoms with van der Waals surface area (Å²) in [6.07, 6.45) is 2.62. The van der Waals surface area contributed by atoms with Gasteiger partial charge in [0.2, 0.25) is 0 Å².